The summed E-state index contributed by atoms with van der Waals surface area (Å²) in [5.74, 6) is -0.355. The Morgan fingerprint density at radius 2 is 1.77 bits per heavy atom. The molecular weight excluding hydrogens is 396 g/mol. The Morgan fingerprint density at radius 1 is 1.19 bits per heavy atom. The van der Waals surface area contributed by atoms with E-state index in [-0.39, 0.29) is 27.4 Å². The van der Waals surface area contributed by atoms with Gasteiger partial charge in [-0.25, -0.2) is 13.6 Å². The number of carbonyl (C=O) groups excluding carboxylic acids is 1. The molecular formula is C17H19ClN2O4S2. The summed E-state index contributed by atoms with van der Waals surface area (Å²) >= 11 is 6.08. The summed E-state index contributed by atoms with van der Waals surface area (Å²) < 4.78 is 34.2. The Kier molecular flexibility index (Phi) is 6.23. The zero-order valence-corrected chi connectivity index (χ0v) is 16.9. The van der Waals surface area contributed by atoms with Crippen molar-refractivity contribution in [2.24, 2.45) is 5.14 Å². The van der Waals surface area contributed by atoms with Crippen LogP contribution < -0.4 is 5.14 Å². The van der Waals surface area contributed by atoms with Crippen molar-refractivity contribution < 1.29 is 17.4 Å². The predicted octanol–water partition coefficient (Wildman–Crippen LogP) is 2.56. The lowest BCUT2D eigenvalue weighted by Gasteiger charge is -2.26. The van der Waals surface area contributed by atoms with Crippen LogP contribution in [0, 0.1) is 0 Å². The van der Waals surface area contributed by atoms with Crippen LogP contribution in [0.5, 0.6) is 0 Å². The summed E-state index contributed by atoms with van der Waals surface area (Å²) in [6.45, 7) is 1.85. The van der Waals surface area contributed by atoms with Crippen molar-refractivity contribution in [2.45, 2.75) is 22.8 Å². The van der Waals surface area contributed by atoms with Crippen LogP contribution in [0.1, 0.15) is 28.9 Å². The Balaban J connectivity index is 2.27. The summed E-state index contributed by atoms with van der Waals surface area (Å²) in [4.78, 5) is 14.8. The second kappa shape index (κ2) is 7.87. The number of hydrogen-bond acceptors (Lipinski definition) is 4. The third-order valence-corrected chi connectivity index (χ3v) is 6.25. The van der Waals surface area contributed by atoms with Gasteiger partial charge in [-0.3, -0.25) is 9.00 Å². The van der Waals surface area contributed by atoms with Crippen molar-refractivity contribution in [1.82, 2.24) is 4.90 Å². The molecule has 26 heavy (non-hydrogen) atoms. The number of halogens is 1. The molecule has 0 aliphatic carbocycles. The van der Waals surface area contributed by atoms with Crippen LogP contribution in [-0.4, -0.2) is 36.7 Å². The maximum absolute atomic E-state index is 12.7. The number of benzene rings is 2. The number of hydrogen-bond donors (Lipinski definition) is 1. The van der Waals surface area contributed by atoms with Crippen LogP contribution in [-0.2, 0) is 20.8 Å². The van der Waals surface area contributed by atoms with Crippen molar-refractivity contribution in [1.29, 1.82) is 0 Å². The van der Waals surface area contributed by atoms with Crippen molar-refractivity contribution in [3.8, 4) is 0 Å². The third kappa shape index (κ3) is 4.50. The summed E-state index contributed by atoms with van der Waals surface area (Å²) in [5, 5.41) is 5.08. The topological polar surface area (TPSA) is 97.5 Å². The fraction of sp³-hybridized carbons (Fsp3) is 0.235. The van der Waals surface area contributed by atoms with Crippen molar-refractivity contribution in [3.63, 3.8) is 0 Å². The van der Waals surface area contributed by atoms with E-state index in [0.29, 0.717) is 4.90 Å². The monoisotopic (exact) mass is 414 g/mol. The molecule has 2 aromatic carbocycles. The first-order chi connectivity index (χ1) is 12.0. The lowest BCUT2D eigenvalue weighted by atomic mass is 10.1. The lowest BCUT2D eigenvalue weighted by Crippen LogP contribution is -2.30. The minimum atomic E-state index is -3.89. The van der Waals surface area contributed by atoms with Gasteiger partial charge < -0.3 is 4.90 Å². The van der Waals surface area contributed by atoms with Gasteiger partial charge in [0.15, 0.2) is 0 Å². The molecule has 0 aliphatic heterocycles. The summed E-state index contributed by atoms with van der Waals surface area (Å²) in [6, 6.07) is 10.6. The molecule has 0 aromatic heterocycles. The van der Waals surface area contributed by atoms with E-state index in [0.717, 1.165) is 11.6 Å². The van der Waals surface area contributed by atoms with Gasteiger partial charge in [0.1, 0.15) is 0 Å². The fourth-order valence-electron chi connectivity index (χ4n) is 2.37. The first-order valence-electron chi connectivity index (χ1n) is 7.55. The van der Waals surface area contributed by atoms with Gasteiger partial charge in [0.25, 0.3) is 5.91 Å². The molecule has 6 nitrogen and oxygen atoms in total. The molecule has 0 bridgehead atoms. The largest absolute Gasteiger partial charge is 0.335 e. The van der Waals surface area contributed by atoms with E-state index in [4.69, 9.17) is 16.7 Å². The first-order valence-corrected chi connectivity index (χ1v) is 11.0. The number of nitrogens with zero attached hydrogens (tertiary/aromatic N) is 1. The minimum Gasteiger partial charge on any atom is -0.335 e. The molecule has 0 aliphatic rings. The summed E-state index contributed by atoms with van der Waals surface area (Å²) in [6.07, 6.45) is 1.60. The fourth-order valence-corrected chi connectivity index (χ4v) is 3.76. The van der Waals surface area contributed by atoms with E-state index in [1.807, 2.05) is 19.1 Å². The maximum Gasteiger partial charge on any atom is 0.255 e. The van der Waals surface area contributed by atoms with Gasteiger partial charge in [0, 0.05) is 29.0 Å². The molecule has 9 heteroatoms. The molecule has 2 rings (SSSR count). The molecule has 2 N–H and O–H groups in total. The molecule has 0 heterocycles. The van der Waals surface area contributed by atoms with Gasteiger partial charge in [-0.1, -0.05) is 23.7 Å². The lowest BCUT2D eigenvalue weighted by molar-refractivity contribution is 0.0742. The van der Waals surface area contributed by atoms with Crippen LogP contribution >= 0.6 is 11.6 Å². The standard InChI is InChI=1S/C17H19ClN2O4S2/c1-11(12-4-6-13(7-5-12)25(3)22)20(2)17(21)15-9-8-14(10-16(15)18)26(19,23)24/h4-11H,1-3H3,(H2,19,23,24)/t11-,25+/m0/s1. The SMILES string of the molecule is C[C@@H](c1ccc([S@@](C)=O)cc1)N(C)C(=O)c1ccc(S(N)(=O)=O)cc1Cl. The van der Waals surface area contributed by atoms with E-state index in [2.05, 4.69) is 0 Å². The van der Waals surface area contributed by atoms with Crippen molar-refractivity contribution >= 4 is 38.3 Å². The molecule has 2 atom stereocenters. The predicted molar refractivity (Wildman–Crippen MR) is 102 cm³/mol. The zero-order valence-electron chi connectivity index (χ0n) is 14.5. The molecule has 2 aromatic rings. The van der Waals surface area contributed by atoms with Gasteiger partial charge in [-0.2, -0.15) is 0 Å². The van der Waals surface area contributed by atoms with Crippen LogP contribution in [0.4, 0.5) is 0 Å². The minimum absolute atomic E-state index is 0.0114. The zero-order chi connectivity index (χ0) is 19.6. The van der Waals surface area contributed by atoms with Crippen LogP contribution in [0.15, 0.2) is 52.3 Å². The number of sulfonamides is 1. The van der Waals surface area contributed by atoms with Crippen LogP contribution in [0.2, 0.25) is 5.02 Å². The van der Waals surface area contributed by atoms with E-state index in [1.165, 1.54) is 17.0 Å². The number of amides is 1. The van der Waals surface area contributed by atoms with Crippen molar-refractivity contribution in [3.05, 3.63) is 58.6 Å². The second-order valence-electron chi connectivity index (χ2n) is 5.80. The summed E-state index contributed by atoms with van der Waals surface area (Å²) in [5.41, 5.74) is 1.05. The molecule has 0 unspecified atom stereocenters. The molecule has 140 valence electrons. The summed E-state index contributed by atoms with van der Waals surface area (Å²) in [7, 11) is -3.33. The number of primary sulfonamides is 1. The Labute approximate surface area is 160 Å². The molecule has 0 spiro atoms. The number of nitrogens with two attached hydrogens (primary N) is 1. The smallest absolute Gasteiger partial charge is 0.255 e. The highest BCUT2D eigenvalue weighted by molar-refractivity contribution is 7.89. The molecule has 0 saturated heterocycles. The normalized spacial score (nSPS) is 13.9. The van der Waals surface area contributed by atoms with Crippen molar-refractivity contribution in [2.75, 3.05) is 13.3 Å². The second-order valence-corrected chi connectivity index (χ2v) is 9.15. The van der Waals surface area contributed by atoms with Gasteiger partial charge in [-0.05, 0) is 42.8 Å². The molecule has 0 saturated carbocycles. The first kappa shape index (κ1) is 20.6. The van der Waals surface area contributed by atoms with E-state index < -0.39 is 20.8 Å². The average molecular weight is 415 g/mol. The molecule has 1 amide bonds. The molecule has 0 fully saturated rings. The van der Waals surface area contributed by atoms with Gasteiger partial charge in [-0.15, -0.1) is 0 Å². The van der Waals surface area contributed by atoms with E-state index in [9.17, 15) is 17.4 Å². The highest BCUT2D eigenvalue weighted by Crippen LogP contribution is 2.26. The highest BCUT2D eigenvalue weighted by atomic mass is 35.5. The Bertz CT molecular complexity index is 959. The van der Waals surface area contributed by atoms with Crippen LogP contribution in [0.3, 0.4) is 0 Å². The maximum atomic E-state index is 12.7. The quantitative estimate of drug-likeness (QED) is 0.812. The van der Waals surface area contributed by atoms with E-state index in [1.54, 1.807) is 25.4 Å². The van der Waals surface area contributed by atoms with E-state index >= 15 is 0 Å². The Morgan fingerprint density at radius 3 is 2.23 bits per heavy atom. The van der Waals surface area contributed by atoms with Gasteiger partial charge in [0.2, 0.25) is 10.0 Å². The third-order valence-electron chi connectivity index (χ3n) is 4.10. The average Bonchev–Trinajstić information content (AvgIpc) is 2.59. The van der Waals surface area contributed by atoms with Gasteiger partial charge in [0.05, 0.1) is 21.5 Å². The Hall–Kier alpha value is -1.74. The van der Waals surface area contributed by atoms with Gasteiger partial charge >= 0.3 is 0 Å². The molecule has 0 radical (unpaired) electrons. The highest BCUT2D eigenvalue weighted by Gasteiger charge is 2.22. The van der Waals surface area contributed by atoms with Crippen LogP contribution in [0.25, 0.3) is 0 Å². The number of rotatable bonds is 5. The number of carbonyl (C=O) groups is 1.